The molecule has 0 aliphatic heterocycles. The third-order valence-electron chi connectivity index (χ3n) is 3.18. The van der Waals surface area contributed by atoms with Gasteiger partial charge in [0.25, 0.3) is 0 Å². The van der Waals surface area contributed by atoms with E-state index < -0.39 is 10.0 Å². The summed E-state index contributed by atoms with van der Waals surface area (Å²) in [6, 6.07) is 12.2. The van der Waals surface area contributed by atoms with Crippen molar-refractivity contribution >= 4 is 56.7 Å². The lowest BCUT2D eigenvalue weighted by Crippen LogP contribution is -2.26. The van der Waals surface area contributed by atoms with Gasteiger partial charge in [0.15, 0.2) is 0 Å². The second-order valence-electron chi connectivity index (χ2n) is 4.86. The minimum Gasteiger partial charge on any atom is -0.210 e. The number of rotatable bonds is 8. The van der Waals surface area contributed by atoms with Gasteiger partial charge in [-0.1, -0.05) is 29.3 Å². The fraction of sp³-hybridized carbons (Fsp3) is 0.250. The van der Waals surface area contributed by atoms with E-state index in [1.54, 1.807) is 59.9 Å². The number of sulfonamides is 1. The van der Waals surface area contributed by atoms with Crippen molar-refractivity contribution in [2.24, 2.45) is 0 Å². The van der Waals surface area contributed by atoms with Gasteiger partial charge >= 0.3 is 0 Å². The summed E-state index contributed by atoms with van der Waals surface area (Å²) < 4.78 is 27.0. The lowest BCUT2D eigenvalue weighted by molar-refractivity contribution is 0.584. The van der Waals surface area contributed by atoms with Gasteiger partial charge in [-0.15, -0.1) is 11.8 Å². The zero-order chi connectivity index (χ0) is 17.6. The average Bonchev–Trinajstić information content (AvgIpc) is 2.56. The summed E-state index contributed by atoms with van der Waals surface area (Å²) in [4.78, 5) is 1.32. The van der Waals surface area contributed by atoms with E-state index in [2.05, 4.69) is 4.72 Å². The Morgan fingerprint density at radius 1 is 1.08 bits per heavy atom. The maximum atomic E-state index is 12.2. The predicted octanol–water partition coefficient (Wildman–Crippen LogP) is 4.93. The number of nitrogens with one attached hydrogen (secondary N) is 1. The van der Waals surface area contributed by atoms with Gasteiger partial charge in [0, 0.05) is 33.0 Å². The summed E-state index contributed by atoms with van der Waals surface area (Å²) in [5.41, 5.74) is 0.988. The van der Waals surface area contributed by atoms with Gasteiger partial charge in [0.1, 0.15) is 0 Å². The molecule has 0 bridgehead atoms. The van der Waals surface area contributed by atoms with Gasteiger partial charge in [-0.3, -0.25) is 0 Å². The molecule has 0 spiro atoms. The fourth-order valence-electron chi connectivity index (χ4n) is 1.91. The normalized spacial score (nSPS) is 11.6. The highest BCUT2D eigenvalue weighted by atomic mass is 35.5. The minimum absolute atomic E-state index is 0.283. The number of halogens is 2. The SMILES string of the molecule is CSc1ccc(S(=O)(=O)NCCSCc2ccc(Cl)cc2Cl)cc1. The molecule has 3 nitrogen and oxygen atoms in total. The lowest BCUT2D eigenvalue weighted by atomic mass is 10.2. The van der Waals surface area contributed by atoms with Crippen LogP contribution in [0, 0.1) is 0 Å². The molecule has 2 aromatic carbocycles. The highest BCUT2D eigenvalue weighted by molar-refractivity contribution is 7.98. The fourth-order valence-corrected chi connectivity index (χ4v) is 4.89. The van der Waals surface area contributed by atoms with Crippen molar-refractivity contribution in [3.05, 3.63) is 58.1 Å². The molecule has 2 rings (SSSR count). The molecule has 24 heavy (non-hydrogen) atoms. The molecule has 8 heteroatoms. The second kappa shape index (κ2) is 9.36. The van der Waals surface area contributed by atoms with Crippen molar-refractivity contribution in [1.29, 1.82) is 0 Å². The van der Waals surface area contributed by atoms with Crippen LogP contribution >= 0.6 is 46.7 Å². The summed E-state index contributed by atoms with van der Waals surface area (Å²) >= 11 is 15.2. The van der Waals surface area contributed by atoms with Crippen LogP contribution in [0.15, 0.2) is 52.3 Å². The van der Waals surface area contributed by atoms with Crippen LogP contribution in [0.3, 0.4) is 0 Å². The molecule has 0 unspecified atom stereocenters. The first kappa shape index (κ1) is 19.9. The van der Waals surface area contributed by atoms with E-state index in [1.807, 2.05) is 12.3 Å². The van der Waals surface area contributed by atoms with Crippen LogP contribution in [-0.2, 0) is 15.8 Å². The van der Waals surface area contributed by atoms with Crippen LogP contribution in [0.2, 0.25) is 10.0 Å². The van der Waals surface area contributed by atoms with Gasteiger partial charge in [0.2, 0.25) is 10.0 Å². The Bertz CT molecular complexity index is 780. The zero-order valence-corrected chi connectivity index (χ0v) is 16.9. The number of hydrogen-bond acceptors (Lipinski definition) is 4. The summed E-state index contributed by atoms with van der Waals surface area (Å²) in [5, 5.41) is 1.23. The van der Waals surface area contributed by atoms with Crippen molar-refractivity contribution in [2.45, 2.75) is 15.5 Å². The molecule has 0 radical (unpaired) electrons. The molecule has 1 N–H and O–H groups in total. The molecule has 0 aliphatic rings. The van der Waals surface area contributed by atoms with Crippen LogP contribution < -0.4 is 4.72 Å². The average molecular weight is 422 g/mol. The van der Waals surface area contributed by atoms with Crippen molar-refractivity contribution < 1.29 is 8.42 Å². The Morgan fingerprint density at radius 2 is 1.79 bits per heavy atom. The van der Waals surface area contributed by atoms with E-state index in [-0.39, 0.29) is 4.90 Å². The smallest absolute Gasteiger partial charge is 0.210 e. The molecule has 0 saturated heterocycles. The van der Waals surface area contributed by atoms with Crippen LogP contribution in [-0.4, -0.2) is 27.0 Å². The molecule has 0 amide bonds. The Kier molecular flexibility index (Phi) is 7.78. The van der Waals surface area contributed by atoms with Crippen LogP contribution in [0.25, 0.3) is 0 Å². The first-order valence-corrected chi connectivity index (χ1v) is 11.7. The van der Waals surface area contributed by atoms with E-state index in [1.165, 1.54) is 0 Å². The number of thioether (sulfide) groups is 2. The molecular formula is C16H17Cl2NO2S3. The molecule has 0 aliphatic carbocycles. The Labute approximate surface area is 161 Å². The Morgan fingerprint density at radius 3 is 2.42 bits per heavy atom. The molecule has 0 aromatic heterocycles. The summed E-state index contributed by atoms with van der Waals surface area (Å²) in [5.74, 6) is 1.36. The van der Waals surface area contributed by atoms with Crippen LogP contribution in [0.5, 0.6) is 0 Å². The molecule has 0 heterocycles. The molecule has 2 aromatic rings. The highest BCUT2D eigenvalue weighted by Crippen LogP contribution is 2.24. The largest absolute Gasteiger partial charge is 0.240 e. The maximum Gasteiger partial charge on any atom is 0.240 e. The summed E-state index contributed by atoms with van der Waals surface area (Å²) in [6.07, 6.45) is 1.95. The first-order chi connectivity index (χ1) is 11.4. The summed E-state index contributed by atoms with van der Waals surface area (Å²) in [6.45, 7) is 0.364. The third kappa shape index (κ3) is 5.86. The lowest BCUT2D eigenvalue weighted by Gasteiger charge is -2.08. The highest BCUT2D eigenvalue weighted by Gasteiger charge is 2.13. The van der Waals surface area contributed by atoms with Gasteiger partial charge < -0.3 is 0 Å². The van der Waals surface area contributed by atoms with Crippen molar-refractivity contribution in [3.63, 3.8) is 0 Å². The quantitative estimate of drug-likeness (QED) is 0.484. The number of hydrogen-bond donors (Lipinski definition) is 1. The molecule has 130 valence electrons. The van der Waals surface area contributed by atoms with Gasteiger partial charge in [0.05, 0.1) is 4.90 Å². The zero-order valence-electron chi connectivity index (χ0n) is 13.0. The molecule has 0 saturated carbocycles. The van der Waals surface area contributed by atoms with E-state index in [9.17, 15) is 8.42 Å². The Balaban J connectivity index is 1.80. The first-order valence-electron chi connectivity index (χ1n) is 7.08. The van der Waals surface area contributed by atoms with Gasteiger partial charge in [-0.2, -0.15) is 11.8 Å². The van der Waals surface area contributed by atoms with Gasteiger partial charge in [-0.05, 0) is 48.2 Å². The second-order valence-corrected chi connectivity index (χ2v) is 9.46. The maximum absolute atomic E-state index is 12.2. The van der Waals surface area contributed by atoms with Gasteiger partial charge in [-0.25, -0.2) is 13.1 Å². The minimum atomic E-state index is -3.46. The van der Waals surface area contributed by atoms with E-state index in [0.29, 0.717) is 28.1 Å². The van der Waals surface area contributed by atoms with Crippen molar-refractivity contribution in [1.82, 2.24) is 4.72 Å². The van der Waals surface area contributed by atoms with E-state index in [0.717, 1.165) is 10.5 Å². The number of benzene rings is 2. The third-order valence-corrected chi connectivity index (χ3v) is 7.00. The van der Waals surface area contributed by atoms with Crippen molar-refractivity contribution in [2.75, 3.05) is 18.6 Å². The molecule has 0 atom stereocenters. The summed E-state index contributed by atoms with van der Waals surface area (Å²) in [7, 11) is -3.46. The monoisotopic (exact) mass is 421 g/mol. The standard InChI is InChI=1S/C16H17Cl2NO2S3/c1-22-14-4-6-15(7-5-14)24(20,21)19-8-9-23-11-12-2-3-13(17)10-16(12)18/h2-7,10,19H,8-9,11H2,1H3. The predicted molar refractivity (Wildman–Crippen MR) is 106 cm³/mol. The molecular weight excluding hydrogens is 405 g/mol. The van der Waals surface area contributed by atoms with Crippen LogP contribution in [0.1, 0.15) is 5.56 Å². The topological polar surface area (TPSA) is 46.2 Å². The van der Waals surface area contributed by atoms with Crippen molar-refractivity contribution in [3.8, 4) is 0 Å². The van der Waals surface area contributed by atoms with E-state index >= 15 is 0 Å². The van der Waals surface area contributed by atoms with E-state index in [4.69, 9.17) is 23.2 Å². The Hall–Kier alpha value is -0.370. The molecule has 0 fully saturated rings. The van der Waals surface area contributed by atoms with Crippen LogP contribution in [0.4, 0.5) is 0 Å².